The molecular weight excluding hydrogens is 250 g/mol. The highest BCUT2D eigenvalue weighted by Gasteiger charge is 2.07. The SMILES string of the molecule is COCCc1ccccc1Nc1nc(C)ccc1C#N. The summed E-state index contributed by atoms with van der Waals surface area (Å²) in [7, 11) is 1.69. The van der Waals surface area contributed by atoms with Gasteiger partial charge in [-0.3, -0.25) is 0 Å². The molecule has 1 N–H and O–H groups in total. The van der Waals surface area contributed by atoms with Crippen molar-refractivity contribution >= 4 is 11.5 Å². The summed E-state index contributed by atoms with van der Waals surface area (Å²) in [6.45, 7) is 2.56. The zero-order valence-corrected chi connectivity index (χ0v) is 11.7. The van der Waals surface area contributed by atoms with E-state index in [4.69, 9.17) is 10.00 Å². The largest absolute Gasteiger partial charge is 0.384 e. The van der Waals surface area contributed by atoms with E-state index in [0.29, 0.717) is 18.0 Å². The van der Waals surface area contributed by atoms with Crippen LogP contribution in [0, 0.1) is 18.3 Å². The van der Waals surface area contributed by atoms with Gasteiger partial charge < -0.3 is 10.1 Å². The molecule has 2 rings (SSSR count). The van der Waals surface area contributed by atoms with Crippen molar-refractivity contribution in [2.24, 2.45) is 0 Å². The van der Waals surface area contributed by atoms with Crippen molar-refractivity contribution < 1.29 is 4.74 Å². The average molecular weight is 267 g/mol. The van der Waals surface area contributed by atoms with Crippen LogP contribution in [0.3, 0.4) is 0 Å². The average Bonchev–Trinajstić information content (AvgIpc) is 2.47. The third kappa shape index (κ3) is 3.34. The van der Waals surface area contributed by atoms with Gasteiger partial charge in [0.2, 0.25) is 0 Å². The lowest BCUT2D eigenvalue weighted by molar-refractivity contribution is 0.202. The van der Waals surface area contributed by atoms with E-state index in [1.165, 1.54) is 0 Å². The molecule has 1 aromatic carbocycles. The molecule has 0 aliphatic rings. The van der Waals surface area contributed by atoms with Crippen molar-refractivity contribution in [1.82, 2.24) is 4.98 Å². The molecule has 4 heteroatoms. The van der Waals surface area contributed by atoms with Crippen LogP contribution in [0.15, 0.2) is 36.4 Å². The van der Waals surface area contributed by atoms with E-state index in [0.717, 1.165) is 23.4 Å². The zero-order valence-electron chi connectivity index (χ0n) is 11.7. The quantitative estimate of drug-likeness (QED) is 0.903. The molecule has 1 heterocycles. The molecule has 0 bridgehead atoms. The first-order valence-electron chi connectivity index (χ1n) is 6.46. The highest BCUT2D eigenvalue weighted by Crippen LogP contribution is 2.22. The second-order valence-electron chi connectivity index (χ2n) is 4.49. The van der Waals surface area contributed by atoms with Gasteiger partial charge in [-0.05, 0) is 37.1 Å². The molecule has 4 nitrogen and oxygen atoms in total. The molecular formula is C16H17N3O. The molecule has 0 unspecified atom stereocenters. The standard InChI is InChI=1S/C16H17N3O/c1-12-7-8-14(11-17)16(18-12)19-15-6-4-3-5-13(15)9-10-20-2/h3-8H,9-10H2,1-2H3,(H,18,19). The fourth-order valence-electron chi connectivity index (χ4n) is 1.94. The number of para-hydroxylation sites is 1. The fraction of sp³-hybridized carbons (Fsp3) is 0.250. The molecule has 0 radical (unpaired) electrons. The minimum Gasteiger partial charge on any atom is -0.384 e. The number of rotatable bonds is 5. The lowest BCUT2D eigenvalue weighted by atomic mass is 10.1. The fourth-order valence-corrected chi connectivity index (χ4v) is 1.94. The highest BCUT2D eigenvalue weighted by atomic mass is 16.5. The number of aryl methyl sites for hydroxylation is 1. The summed E-state index contributed by atoms with van der Waals surface area (Å²) >= 11 is 0. The summed E-state index contributed by atoms with van der Waals surface area (Å²) in [6, 6.07) is 13.7. The van der Waals surface area contributed by atoms with E-state index in [9.17, 15) is 0 Å². The minimum absolute atomic E-state index is 0.539. The van der Waals surface area contributed by atoms with E-state index in [2.05, 4.69) is 16.4 Å². The lowest BCUT2D eigenvalue weighted by Crippen LogP contribution is -2.03. The van der Waals surface area contributed by atoms with Crippen LogP contribution in [0.2, 0.25) is 0 Å². The Hall–Kier alpha value is -2.38. The topological polar surface area (TPSA) is 57.9 Å². The van der Waals surface area contributed by atoms with Gasteiger partial charge in [0.25, 0.3) is 0 Å². The number of aromatic nitrogens is 1. The summed E-state index contributed by atoms with van der Waals surface area (Å²) in [4.78, 5) is 4.40. The third-order valence-electron chi connectivity index (χ3n) is 3.00. The number of nitrogens with zero attached hydrogens (tertiary/aromatic N) is 2. The van der Waals surface area contributed by atoms with Gasteiger partial charge >= 0.3 is 0 Å². The minimum atomic E-state index is 0.539. The summed E-state index contributed by atoms with van der Waals surface area (Å²) in [5.41, 5.74) is 3.51. The van der Waals surface area contributed by atoms with E-state index >= 15 is 0 Å². The van der Waals surface area contributed by atoms with E-state index in [1.54, 1.807) is 13.2 Å². The van der Waals surface area contributed by atoms with Gasteiger partial charge in [-0.1, -0.05) is 18.2 Å². The second-order valence-corrected chi connectivity index (χ2v) is 4.49. The van der Waals surface area contributed by atoms with Crippen LogP contribution < -0.4 is 5.32 Å². The Labute approximate surface area is 119 Å². The van der Waals surface area contributed by atoms with Gasteiger partial charge in [0.05, 0.1) is 12.2 Å². The first-order valence-corrected chi connectivity index (χ1v) is 6.46. The molecule has 0 aliphatic heterocycles. The summed E-state index contributed by atoms with van der Waals surface area (Å²) < 4.78 is 5.12. The van der Waals surface area contributed by atoms with Crippen LogP contribution in [-0.4, -0.2) is 18.7 Å². The third-order valence-corrected chi connectivity index (χ3v) is 3.00. The molecule has 20 heavy (non-hydrogen) atoms. The predicted molar refractivity (Wildman–Crippen MR) is 79.0 cm³/mol. The van der Waals surface area contributed by atoms with Crippen molar-refractivity contribution in [3.63, 3.8) is 0 Å². The van der Waals surface area contributed by atoms with Crippen LogP contribution in [-0.2, 0) is 11.2 Å². The van der Waals surface area contributed by atoms with Gasteiger partial charge in [0.1, 0.15) is 11.9 Å². The normalized spacial score (nSPS) is 10.1. The number of pyridine rings is 1. The monoisotopic (exact) mass is 267 g/mol. The van der Waals surface area contributed by atoms with Crippen molar-refractivity contribution in [2.45, 2.75) is 13.3 Å². The Balaban J connectivity index is 2.30. The van der Waals surface area contributed by atoms with Gasteiger partial charge in [-0.15, -0.1) is 0 Å². The molecule has 0 saturated carbocycles. The molecule has 0 fully saturated rings. The zero-order chi connectivity index (χ0) is 14.4. The van der Waals surface area contributed by atoms with Gasteiger partial charge in [0, 0.05) is 18.5 Å². The Morgan fingerprint density at radius 1 is 1.25 bits per heavy atom. The number of benzene rings is 1. The number of ether oxygens (including phenoxy) is 1. The smallest absolute Gasteiger partial charge is 0.148 e. The number of methoxy groups -OCH3 is 1. The Morgan fingerprint density at radius 3 is 2.80 bits per heavy atom. The summed E-state index contributed by atoms with van der Waals surface area (Å²) in [5, 5.41) is 12.4. The summed E-state index contributed by atoms with van der Waals surface area (Å²) in [5.74, 6) is 0.595. The van der Waals surface area contributed by atoms with Crippen molar-refractivity contribution in [3.8, 4) is 6.07 Å². The first kappa shape index (κ1) is 14.0. The molecule has 1 aromatic heterocycles. The predicted octanol–water partition coefficient (Wildman–Crippen LogP) is 3.19. The molecule has 0 saturated heterocycles. The molecule has 2 aromatic rings. The first-order chi connectivity index (χ1) is 9.74. The van der Waals surface area contributed by atoms with Gasteiger partial charge in [-0.25, -0.2) is 4.98 Å². The number of hydrogen-bond acceptors (Lipinski definition) is 4. The van der Waals surface area contributed by atoms with Crippen molar-refractivity contribution in [3.05, 3.63) is 53.2 Å². The molecule has 0 atom stereocenters. The Morgan fingerprint density at radius 2 is 2.05 bits per heavy atom. The van der Waals surface area contributed by atoms with Crippen LogP contribution in [0.4, 0.5) is 11.5 Å². The number of anilines is 2. The second kappa shape index (κ2) is 6.69. The maximum absolute atomic E-state index is 9.15. The van der Waals surface area contributed by atoms with Gasteiger partial charge in [-0.2, -0.15) is 5.26 Å². The maximum atomic E-state index is 9.15. The van der Waals surface area contributed by atoms with E-state index < -0.39 is 0 Å². The van der Waals surface area contributed by atoms with Crippen LogP contribution >= 0.6 is 0 Å². The van der Waals surface area contributed by atoms with E-state index in [-0.39, 0.29) is 0 Å². The van der Waals surface area contributed by atoms with Crippen LogP contribution in [0.1, 0.15) is 16.8 Å². The van der Waals surface area contributed by atoms with Crippen molar-refractivity contribution in [1.29, 1.82) is 5.26 Å². The van der Waals surface area contributed by atoms with Crippen LogP contribution in [0.5, 0.6) is 0 Å². The Bertz CT molecular complexity index is 632. The molecule has 0 amide bonds. The van der Waals surface area contributed by atoms with Gasteiger partial charge in [0.15, 0.2) is 0 Å². The summed E-state index contributed by atoms with van der Waals surface area (Å²) in [6.07, 6.45) is 0.813. The van der Waals surface area contributed by atoms with Crippen molar-refractivity contribution in [2.75, 3.05) is 19.0 Å². The molecule has 102 valence electrons. The molecule has 0 aliphatic carbocycles. The van der Waals surface area contributed by atoms with Crippen LogP contribution in [0.25, 0.3) is 0 Å². The van der Waals surface area contributed by atoms with E-state index in [1.807, 2.05) is 37.3 Å². The number of hydrogen-bond donors (Lipinski definition) is 1. The lowest BCUT2D eigenvalue weighted by Gasteiger charge is -2.12. The highest BCUT2D eigenvalue weighted by molar-refractivity contribution is 5.65. The Kier molecular flexibility index (Phi) is 4.70. The number of nitrogens with one attached hydrogen (secondary N) is 1. The molecule has 0 spiro atoms. The number of nitriles is 1. The maximum Gasteiger partial charge on any atom is 0.148 e.